The minimum Gasteiger partial charge on any atom is -0.543 e. The summed E-state index contributed by atoms with van der Waals surface area (Å²) in [5.41, 5.74) is 12.7. The van der Waals surface area contributed by atoms with Crippen molar-refractivity contribution in [2.45, 2.75) is 18.0 Å². The molecule has 5 rings (SSSR count). The zero-order chi connectivity index (χ0) is 29.4. The smallest absolute Gasteiger partial charge is 0.276 e. The molecular weight excluding hydrogens is 574 g/mol. The monoisotopic (exact) mass is 597 g/mol. The molecule has 0 spiro atoms. The lowest BCUT2D eigenvalue weighted by Crippen LogP contribution is -2.71. The van der Waals surface area contributed by atoms with Crippen LogP contribution in [0.25, 0.3) is 11.3 Å². The number of aryl methyl sites for hydroxylation is 1. The van der Waals surface area contributed by atoms with Crippen LogP contribution in [-0.4, -0.2) is 73.3 Å². The second kappa shape index (κ2) is 11.0. The second-order valence-corrected chi connectivity index (χ2v) is 11.0. The number of hydrogen-bond donors (Lipinski definition) is 3. The van der Waals surface area contributed by atoms with Gasteiger partial charge < -0.3 is 31.5 Å². The van der Waals surface area contributed by atoms with Crippen LogP contribution in [-0.2, 0) is 32.8 Å². The quantitative estimate of drug-likeness (QED) is 0.106. The number of carbonyl (C=O) groups is 4. The molecule has 15 nitrogen and oxygen atoms in total. The number of aromatic nitrogens is 4. The predicted octanol–water partition coefficient (Wildman–Crippen LogP) is -2.03. The molecule has 41 heavy (non-hydrogen) atoms. The van der Waals surface area contributed by atoms with Gasteiger partial charge in [0.05, 0.1) is 22.9 Å². The molecule has 0 radical (unpaired) electrons. The SMILES string of the molecule is CO/N=C(\C(=O)N[C@@H]1C(=O)N2C(C(=O)[O-])=C(C[n+]3cccc(-c4cc(C(N)=O)nn4C)c3)CS[C@H]12)c1csc(N)n1. The normalized spacial score (nSPS) is 18.5. The summed E-state index contributed by atoms with van der Waals surface area (Å²) in [5, 5.41) is 23.7. The van der Waals surface area contributed by atoms with Crippen molar-refractivity contribution < 1.29 is 33.7 Å². The summed E-state index contributed by atoms with van der Waals surface area (Å²) in [6.07, 6.45) is 3.51. The third-order valence-electron chi connectivity index (χ3n) is 6.35. The van der Waals surface area contributed by atoms with Crippen LogP contribution in [0.1, 0.15) is 16.2 Å². The fraction of sp³-hybridized carbons (Fsp3) is 0.250. The number of amides is 3. The molecule has 0 aliphatic carbocycles. The topological polar surface area (TPSA) is 215 Å². The number of anilines is 1. The van der Waals surface area contributed by atoms with Gasteiger partial charge in [0.1, 0.15) is 24.2 Å². The van der Waals surface area contributed by atoms with Gasteiger partial charge in [0.15, 0.2) is 35.5 Å². The number of pyridine rings is 1. The van der Waals surface area contributed by atoms with Gasteiger partial charge in [-0.3, -0.25) is 24.0 Å². The highest BCUT2D eigenvalue weighted by molar-refractivity contribution is 8.00. The fourth-order valence-electron chi connectivity index (χ4n) is 4.55. The van der Waals surface area contributed by atoms with Crippen LogP contribution >= 0.6 is 23.1 Å². The fourth-order valence-corrected chi connectivity index (χ4v) is 6.43. The molecule has 5 N–H and O–H groups in total. The maximum atomic E-state index is 13.1. The number of carbonyl (C=O) groups excluding carboxylic acids is 4. The highest BCUT2D eigenvalue weighted by atomic mass is 32.2. The highest BCUT2D eigenvalue weighted by Gasteiger charge is 2.53. The Morgan fingerprint density at radius 3 is 2.76 bits per heavy atom. The van der Waals surface area contributed by atoms with E-state index < -0.39 is 35.1 Å². The van der Waals surface area contributed by atoms with Crippen LogP contribution in [0.15, 0.2) is 52.4 Å². The third kappa shape index (κ3) is 5.23. The van der Waals surface area contributed by atoms with E-state index in [0.29, 0.717) is 16.8 Å². The van der Waals surface area contributed by atoms with E-state index in [4.69, 9.17) is 16.3 Å². The van der Waals surface area contributed by atoms with E-state index in [1.54, 1.807) is 36.1 Å². The summed E-state index contributed by atoms with van der Waals surface area (Å²) in [6.45, 7) is 0.147. The number of carboxylic acids is 1. The summed E-state index contributed by atoms with van der Waals surface area (Å²) in [6, 6.07) is 4.14. The Bertz CT molecular complexity index is 1650. The van der Waals surface area contributed by atoms with E-state index in [0.717, 1.165) is 16.2 Å². The zero-order valence-corrected chi connectivity index (χ0v) is 23.3. The molecule has 0 unspecified atom stereocenters. The number of aliphatic carboxylic acids is 1. The zero-order valence-electron chi connectivity index (χ0n) is 21.6. The molecule has 3 aromatic rings. The average molecular weight is 598 g/mol. The number of nitrogen functional groups attached to an aromatic ring is 1. The van der Waals surface area contributed by atoms with Crippen LogP contribution in [0.4, 0.5) is 5.13 Å². The molecule has 0 aromatic carbocycles. The minimum absolute atomic E-state index is 0.115. The maximum absolute atomic E-state index is 13.1. The molecule has 3 aromatic heterocycles. The number of carboxylic acid groups (broad SMARTS) is 1. The van der Waals surface area contributed by atoms with E-state index in [2.05, 4.69) is 20.6 Å². The van der Waals surface area contributed by atoms with Gasteiger partial charge in [-0.25, -0.2) is 9.55 Å². The van der Waals surface area contributed by atoms with Gasteiger partial charge in [-0.05, 0) is 12.1 Å². The van der Waals surface area contributed by atoms with Crippen LogP contribution in [0, 0.1) is 0 Å². The van der Waals surface area contributed by atoms with Gasteiger partial charge >= 0.3 is 0 Å². The van der Waals surface area contributed by atoms with Crippen molar-refractivity contribution >= 4 is 57.6 Å². The summed E-state index contributed by atoms with van der Waals surface area (Å²) < 4.78 is 3.27. The van der Waals surface area contributed by atoms with Crippen molar-refractivity contribution in [3.8, 4) is 11.3 Å². The third-order valence-corrected chi connectivity index (χ3v) is 8.36. The highest BCUT2D eigenvalue weighted by Crippen LogP contribution is 2.40. The van der Waals surface area contributed by atoms with Crippen molar-refractivity contribution in [3.63, 3.8) is 0 Å². The van der Waals surface area contributed by atoms with Crippen molar-refractivity contribution in [1.82, 2.24) is 25.0 Å². The first kappa shape index (κ1) is 27.8. The number of nitrogens with one attached hydrogen (secondary N) is 1. The van der Waals surface area contributed by atoms with Gasteiger partial charge in [-0.1, -0.05) is 5.16 Å². The largest absolute Gasteiger partial charge is 0.543 e. The lowest BCUT2D eigenvalue weighted by molar-refractivity contribution is -0.688. The molecule has 1 saturated heterocycles. The molecule has 0 bridgehead atoms. The molecule has 0 saturated carbocycles. The number of β-lactam (4-membered cyclic amide) rings is 1. The number of fused-ring (bicyclic) bond motifs is 1. The number of nitrogens with two attached hydrogens (primary N) is 2. The van der Waals surface area contributed by atoms with Crippen molar-refractivity contribution in [1.29, 1.82) is 0 Å². The number of thioether (sulfide) groups is 1. The lowest BCUT2D eigenvalue weighted by atomic mass is 10.0. The first-order chi connectivity index (χ1) is 19.6. The molecule has 3 amide bonds. The van der Waals surface area contributed by atoms with Crippen LogP contribution < -0.4 is 26.5 Å². The molecule has 212 valence electrons. The van der Waals surface area contributed by atoms with Gasteiger partial charge in [0.25, 0.3) is 17.7 Å². The van der Waals surface area contributed by atoms with Gasteiger partial charge in [-0.2, -0.15) is 5.10 Å². The molecular formula is C24H23N9O6S2. The van der Waals surface area contributed by atoms with E-state index in [1.165, 1.54) is 28.9 Å². The molecule has 2 aliphatic heterocycles. The van der Waals surface area contributed by atoms with Gasteiger partial charge in [0.2, 0.25) is 0 Å². The van der Waals surface area contributed by atoms with Gasteiger partial charge in [0, 0.05) is 29.8 Å². The van der Waals surface area contributed by atoms with Gasteiger partial charge in [-0.15, -0.1) is 23.1 Å². The van der Waals surface area contributed by atoms with Crippen molar-refractivity contribution in [2.75, 3.05) is 18.6 Å². The molecule has 5 heterocycles. The lowest BCUT2D eigenvalue weighted by Gasteiger charge is -2.50. The Morgan fingerprint density at radius 1 is 1.34 bits per heavy atom. The summed E-state index contributed by atoms with van der Waals surface area (Å²) in [7, 11) is 2.94. The molecule has 2 aliphatic rings. The summed E-state index contributed by atoms with van der Waals surface area (Å²) in [4.78, 5) is 59.7. The Kier molecular flexibility index (Phi) is 7.46. The predicted molar refractivity (Wildman–Crippen MR) is 144 cm³/mol. The summed E-state index contributed by atoms with van der Waals surface area (Å²) >= 11 is 2.42. The molecule has 17 heteroatoms. The Hall–Kier alpha value is -4.77. The van der Waals surface area contributed by atoms with Crippen LogP contribution in [0.5, 0.6) is 0 Å². The molecule has 1 fully saturated rings. The number of thiazole rings is 1. The van der Waals surface area contributed by atoms with E-state index in [-0.39, 0.29) is 40.2 Å². The first-order valence-corrected chi connectivity index (χ1v) is 13.9. The Morgan fingerprint density at radius 2 is 2.12 bits per heavy atom. The summed E-state index contributed by atoms with van der Waals surface area (Å²) in [5.74, 6) is -3.22. The average Bonchev–Trinajstić information content (AvgIpc) is 3.55. The van der Waals surface area contributed by atoms with Crippen LogP contribution in [0.2, 0.25) is 0 Å². The van der Waals surface area contributed by atoms with Crippen molar-refractivity contribution in [3.05, 3.63) is 58.6 Å². The Balaban J connectivity index is 1.36. The van der Waals surface area contributed by atoms with E-state index in [9.17, 15) is 24.3 Å². The molecule has 2 atom stereocenters. The second-order valence-electron chi connectivity index (χ2n) is 8.96. The van der Waals surface area contributed by atoms with E-state index in [1.807, 2.05) is 6.07 Å². The first-order valence-electron chi connectivity index (χ1n) is 11.9. The van der Waals surface area contributed by atoms with Crippen LogP contribution in [0.3, 0.4) is 0 Å². The number of nitrogens with zero attached hydrogens (tertiary/aromatic N) is 6. The minimum atomic E-state index is -1.50. The van der Waals surface area contributed by atoms with E-state index >= 15 is 0 Å². The number of rotatable bonds is 9. The number of primary amides is 1. The number of oxime groups is 1. The standard InChI is InChI=1S/C24H23N9O6S2/c1-31-15(6-13(29-31)19(25)34)11-4-3-5-32(7-11)8-12-9-40-22-17(21(36)33(22)18(12)23(37)38)28-20(35)16(30-39-2)14-10-41-24(26)27-14/h3-7,10,17,22H,8-9H2,1-2H3,(H5-,25,26,27,28,34,35,37,38)/b30-16-/t17-,22-/m1/s1. The maximum Gasteiger partial charge on any atom is 0.276 e. The van der Waals surface area contributed by atoms with Crippen molar-refractivity contribution in [2.24, 2.45) is 17.9 Å². The Labute approximate surface area is 240 Å². The number of hydrogen-bond acceptors (Lipinski definition) is 12.